The lowest BCUT2D eigenvalue weighted by molar-refractivity contribution is 0.607. The van der Waals surface area contributed by atoms with Crippen LogP contribution in [0.3, 0.4) is 0 Å². The van der Waals surface area contributed by atoms with Gasteiger partial charge in [-0.05, 0) is 37.3 Å². The molecule has 0 unspecified atom stereocenters. The van der Waals surface area contributed by atoms with Crippen LogP contribution in [0.5, 0.6) is 0 Å². The number of aryl methyl sites for hydroxylation is 2. The average Bonchev–Trinajstić information content (AvgIpc) is 2.96. The summed E-state index contributed by atoms with van der Waals surface area (Å²) >= 11 is 1.91. The molecule has 2 heterocycles. The minimum absolute atomic E-state index is 0.546. The zero-order valence-corrected chi connectivity index (χ0v) is 15.4. The summed E-state index contributed by atoms with van der Waals surface area (Å²) in [6.07, 6.45) is 7.89. The molecule has 0 amide bonds. The van der Waals surface area contributed by atoms with Crippen LogP contribution in [0.15, 0.2) is 24.3 Å². The lowest BCUT2D eigenvalue weighted by Crippen LogP contribution is -2.05. The predicted octanol–water partition coefficient (Wildman–Crippen LogP) is 4.65. The van der Waals surface area contributed by atoms with Crippen molar-refractivity contribution in [2.75, 3.05) is 17.7 Å². The molecule has 0 radical (unpaired) electrons. The maximum atomic E-state index is 6.22. The molecule has 2 aromatic heterocycles. The summed E-state index contributed by atoms with van der Waals surface area (Å²) in [4.78, 5) is 9.42. The number of imidazole rings is 1. The average molecular weight is 343 g/mol. The van der Waals surface area contributed by atoms with E-state index in [-0.39, 0.29) is 0 Å². The van der Waals surface area contributed by atoms with Crippen molar-refractivity contribution in [3.05, 3.63) is 30.1 Å². The van der Waals surface area contributed by atoms with Crippen molar-refractivity contribution in [3.8, 4) is 0 Å². The Morgan fingerprint density at radius 3 is 2.75 bits per heavy atom. The zero-order valence-electron chi connectivity index (χ0n) is 14.6. The van der Waals surface area contributed by atoms with Gasteiger partial charge in [-0.15, -0.1) is 0 Å². The van der Waals surface area contributed by atoms with Crippen molar-refractivity contribution in [2.24, 2.45) is 0 Å². The highest BCUT2D eigenvalue weighted by Crippen LogP contribution is 2.29. The smallest absolute Gasteiger partial charge is 0.152 e. The molecule has 0 fully saturated rings. The first-order valence-corrected chi connectivity index (χ1v) is 10.2. The second-order valence-electron chi connectivity index (χ2n) is 6.19. The molecule has 0 bridgehead atoms. The number of anilines is 1. The second-order valence-corrected chi connectivity index (χ2v) is 7.18. The number of unbranched alkanes of at least 4 members (excludes halogenated alkanes) is 2. The van der Waals surface area contributed by atoms with E-state index in [0.29, 0.717) is 5.82 Å². The van der Waals surface area contributed by atoms with Crippen molar-refractivity contribution in [1.29, 1.82) is 0 Å². The number of nitrogen functional groups attached to an aromatic ring is 1. The SMILES string of the molecule is CCCCc1nc2c(N)nc3ccccc3c2n1CCCCSC. The first-order chi connectivity index (χ1) is 11.8. The highest BCUT2D eigenvalue weighted by Gasteiger charge is 2.16. The Balaban J connectivity index is 2.11. The molecular weight excluding hydrogens is 316 g/mol. The van der Waals surface area contributed by atoms with Gasteiger partial charge in [-0.25, -0.2) is 9.97 Å². The Labute approximate surface area is 147 Å². The number of pyridine rings is 1. The van der Waals surface area contributed by atoms with Gasteiger partial charge in [0, 0.05) is 18.4 Å². The van der Waals surface area contributed by atoms with Crippen LogP contribution in [0.2, 0.25) is 0 Å². The number of hydrogen-bond donors (Lipinski definition) is 1. The molecule has 24 heavy (non-hydrogen) atoms. The highest BCUT2D eigenvalue weighted by molar-refractivity contribution is 7.98. The van der Waals surface area contributed by atoms with E-state index in [4.69, 9.17) is 10.7 Å². The Kier molecular flexibility index (Phi) is 5.61. The van der Waals surface area contributed by atoms with Gasteiger partial charge in [0.2, 0.25) is 0 Å². The molecule has 1 aromatic carbocycles. The Hall–Kier alpha value is -1.75. The van der Waals surface area contributed by atoms with Crippen LogP contribution >= 0.6 is 11.8 Å². The lowest BCUT2D eigenvalue weighted by atomic mass is 10.2. The van der Waals surface area contributed by atoms with Gasteiger partial charge in [-0.2, -0.15) is 11.8 Å². The fourth-order valence-corrected chi connectivity index (χ4v) is 3.68. The molecule has 0 aliphatic rings. The Bertz CT molecular complexity index is 825. The van der Waals surface area contributed by atoms with Gasteiger partial charge in [0.05, 0.1) is 11.0 Å². The largest absolute Gasteiger partial charge is 0.382 e. The third-order valence-corrected chi connectivity index (χ3v) is 5.12. The monoisotopic (exact) mass is 342 g/mol. The molecule has 0 aliphatic carbocycles. The van der Waals surface area contributed by atoms with Gasteiger partial charge in [0.25, 0.3) is 0 Å². The van der Waals surface area contributed by atoms with Crippen LogP contribution < -0.4 is 5.73 Å². The highest BCUT2D eigenvalue weighted by atomic mass is 32.2. The number of fused-ring (bicyclic) bond motifs is 3. The van der Waals surface area contributed by atoms with Crippen LogP contribution in [0, 0.1) is 0 Å². The Morgan fingerprint density at radius 1 is 1.12 bits per heavy atom. The lowest BCUT2D eigenvalue weighted by Gasteiger charge is -2.10. The third-order valence-electron chi connectivity index (χ3n) is 4.42. The number of aromatic nitrogens is 3. The number of nitrogens with two attached hydrogens (primary N) is 1. The summed E-state index contributed by atoms with van der Waals surface area (Å²) in [6.45, 7) is 3.22. The van der Waals surface area contributed by atoms with Crippen LogP contribution in [0.1, 0.15) is 38.4 Å². The second kappa shape index (κ2) is 7.88. The van der Waals surface area contributed by atoms with E-state index >= 15 is 0 Å². The summed E-state index contributed by atoms with van der Waals surface area (Å²) in [7, 11) is 0. The van der Waals surface area contributed by atoms with Gasteiger partial charge in [0.15, 0.2) is 5.82 Å². The third kappa shape index (κ3) is 3.36. The Morgan fingerprint density at radius 2 is 1.96 bits per heavy atom. The van der Waals surface area contributed by atoms with E-state index < -0.39 is 0 Å². The quantitative estimate of drug-likeness (QED) is 0.605. The summed E-state index contributed by atoms with van der Waals surface area (Å²) in [5, 5.41) is 1.15. The summed E-state index contributed by atoms with van der Waals surface area (Å²) in [5.74, 6) is 2.91. The van der Waals surface area contributed by atoms with E-state index in [1.165, 1.54) is 25.0 Å². The number of rotatable bonds is 8. The van der Waals surface area contributed by atoms with Gasteiger partial charge >= 0.3 is 0 Å². The van der Waals surface area contributed by atoms with Gasteiger partial charge in [0.1, 0.15) is 11.3 Å². The van der Waals surface area contributed by atoms with Gasteiger partial charge < -0.3 is 10.3 Å². The van der Waals surface area contributed by atoms with Crippen LogP contribution in [-0.2, 0) is 13.0 Å². The number of hydrogen-bond acceptors (Lipinski definition) is 4. The molecular formula is C19H26N4S. The topological polar surface area (TPSA) is 56.7 Å². The standard InChI is InChI=1S/C19H26N4S/c1-3-4-11-16-22-17-18(23(16)12-7-8-13-24-2)14-9-5-6-10-15(14)21-19(17)20/h5-6,9-10H,3-4,7-8,11-13H2,1-2H3,(H2,20,21). The number of para-hydroxylation sites is 1. The first kappa shape index (κ1) is 17.1. The van der Waals surface area contributed by atoms with E-state index in [9.17, 15) is 0 Å². The van der Waals surface area contributed by atoms with Crippen molar-refractivity contribution < 1.29 is 0 Å². The molecule has 2 N–H and O–H groups in total. The molecule has 4 nitrogen and oxygen atoms in total. The van der Waals surface area contributed by atoms with Crippen LogP contribution in [0.25, 0.3) is 21.9 Å². The molecule has 0 spiro atoms. The molecule has 0 atom stereocenters. The summed E-state index contributed by atoms with van der Waals surface area (Å²) in [5.41, 5.74) is 9.20. The van der Waals surface area contributed by atoms with Crippen molar-refractivity contribution in [1.82, 2.24) is 14.5 Å². The maximum absolute atomic E-state index is 6.22. The number of nitrogens with zero attached hydrogens (tertiary/aromatic N) is 3. The predicted molar refractivity (Wildman–Crippen MR) is 106 cm³/mol. The minimum Gasteiger partial charge on any atom is -0.382 e. The van der Waals surface area contributed by atoms with Crippen LogP contribution in [0.4, 0.5) is 5.82 Å². The van der Waals surface area contributed by atoms with Crippen molar-refractivity contribution >= 4 is 39.5 Å². The molecule has 0 aliphatic heterocycles. The molecule has 5 heteroatoms. The molecule has 0 saturated heterocycles. The van der Waals surface area contributed by atoms with Gasteiger partial charge in [-0.3, -0.25) is 0 Å². The summed E-state index contributed by atoms with van der Waals surface area (Å²) < 4.78 is 2.39. The van der Waals surface area contributed by atoms with E-state index in [1.807, 2.05) is 23.9 Å². The van der Waals surface area contributed by atoms with Crippen molar-refractivity contribution in [3.63, 3.8) is 0 Å². The first-order valence-electron chi connectivity index (χ1n) is 8.78. The number of benzene rings is 1. The minimum atomic E-state index is 0.546. The zero-order chi connectivity index (χ0) is 16.9. The van der Waals surface area contributed by atoms with E-state index in [2.05, 4.69) is 34.9 Å². The van der Waals surface area contributed by atoms with Gasteiger partial charge in [-0.1, -0.05) is 31.5 Å². The summed E-state index contributed by atoms with van der Waals surface area (Å²) in [6, 6.07) is 8.24. The maximum Gasteiger partial charge on any atom is 0.152 e. The fraction of sp³-hybridized carbons (Fsp3) is 0.474. The molecule has 3 rings (SSSR count). The van der Waals surface area contributed by atoms with Crippen molar-refractivity contribution in [2.45, 2.75) is 45.6 Å². The molecule has 0 saturated carbocycles. The molecule has 128 valence electrons. The van der Waals surface area contributed by atoms with E-state index in [1.54, 1.807) is 0 Å². The normalized spacial score (nSPS) is 11.6. The van der Waals surface area contributed by atoms with Crippen LogP contribution in [-0.4, -0.2) is 26.5 Å². The number of thioether (sulfide) groups is 1. The fourth-order valence-electron chi connectivity index (χ4n) is 3.19. The molecule has 3 aromatic rings. The van der Waals surface area contributed by atoms with E-state index in [0.717, 1.165) is 47.1 Å².